The van der Waals surface area contributed by atoms with Crippen LogP contribution in [-0.2, 0) is 13.1 Å². The molecule has 7 nitrogen and oxygen atoms in total. The third kappa shape index (κ3) is 6.56. The number of aliphatic imine (C=N–C) groups is 1. The number of benzene rings is 1. The fraction of sp³-hybridized carbons (Fsp3) is 0.500. The molecule has 0 radical (unpaired) electrons. The molecular weight excluding hydrogens is 498 g/mol. The van der Waals surface area contributed by atoms with Gasteiger partial charge >= 0.3 is 0 Å². The number of aryl methyl sites for hydroxylation is 1. The number of hydrogen-bond donors (Lipinski definition) is 2. The number of nitrogens with one attached hydrogen (secondary N) is 2. The molecule has 1 aromatic carbocycles. The van der Waals surface area contributed by atoms with Crippen molar-refractivity contribution >= 4 is 41.5 Å². The second-order valence-corrected chi connectivity index (χ2v) is 7.02. The highest BCUT2D eigenvalue weighted by atomic mass is 127. The number of piperidine rings is 1. The summed E-state index contributed by atoms with van der Waals surface area (Å²) in [4.78, 5) is 10.7. The van der Waals surface area contributed by atoms with Gasteiger partial charge in [-0.05, 0) is 37.1 Å². The van der Waals surface area contributed by atoms with E-state index in [-0.39, 0.29) is 35.8 Å². The molecule has 1 fully saturated rings. The first-order valence-electron chi connectivity index (χ1n) is 8.96. The van der Waals surface area contributed by atoms with Crippen molar-refractivity contribution in [3.8, 4) is 0 Å². The van der Waals surface area contributed by atoms with Gasteiger partial charge in [-0.25, -0.2) is 4.39 Å². The highest BCUT2D eigenvalue weighted by Crippen LogP contribution is 2.21. The van der Waals surface area contributed by atoms with E-state index in [0.29, 0.717) is 35.8 Å². The number of nitrogens with zero attached hydrogens (tertiary/aromatic N) is 4. The number of hydrogen-bond acceptors (Lipinski definition) is 5. The van der Waals surface area contributed by atoms with Crippen LogP contribution in [0.1, 0.15) is 30.1 Å². The maximum atomic E-state index is 13.2. The van der Waals surface area contributed by atoms with E-state index in [9.17, 15) is 4.39 Å². The second kappa shape index (κ2) is 10.9. The van der Waals surface area contributed by atoms with Crippen LogP contribution < -0.4 is 10.6 Å². The van der Waals surface area contributed by atoms with Crippen LogP contribution in [0.15, 0.2) is 27.7 Å². The Labute approximate surface area is 186 Å². The lowest BCUT2D eigenvalue weighted by atomic mass is 10.0. The largest absolute Gasteiger partial charge is 0.352 e. The second-order valence-electron chi connectivity index (χ2n) is 6.61. The normalized spacial score (nSPS) is 17.9. The van der Waals surface area contributed by atoms with Gasteiger partial charge in [-0.15, -0.1) is 24.0 Å². The summed E-state index contributed by atoms with van der Waals surface area (Å²) in [5.74, 6) is 1.52. The van der Waals surface area contributed by atoms with Gasteiger partial charge in [0, 0.05) is 38.1 Å². The van der Waals surface area contributed by atoms with E-state index in [1.807, 2.05) is 0 Å². The van der Waals surface area contributed by atoms with Crippen LogP contribution in [0.2, 0.25) is 5.02 Å². The van der Waals surface area contributed by atoms with Crippen molar-refractivity contribution < 1.29 is 8.91 Å². The van der Waals surface area contributed by atoms with Crippen LogP contribution in [0, 0.1) is 12.7 Å². The average molecular weight is 523 g/mol. The molecule has 2 N–H and O–H groups in total. The summed E-state index contributed by atoms with van der Waals surface area (Å²) in [6.45, 7) is 4.74. The minimum Gasteiger partial charge on any atom is -0.352 e. The molecule has 1 atom stereocenters. The van der Waals surface area contributed by atoms with E-state index >= 15 is 0 Å². The summed E-state index contributed by atoms with van der Waals surface area (Å²) in [6.07, 6.45) is 2.12. The van der Waals surface area contributed by atoms with Crippen molar-refractivity contribution in [1.82, 2.24) is 25.7 Å². The Morgan fingerprint density at radius 3 is 2.96 bits per heavy atom. The van der Waals surface area contributed by atoms with Gasteiger partial charge in [-0.3, -0.25) is 9.89 Å². The van der Waals surface area contributed by atoms with E-state index in [0.717, 1.165) is 31.5 Å². The summed E-state index contributed by atoms with van der Waals surface area (Å²) in [5.41, 5.74) is 0.939. The Morgan fingerprint density at radius 1 is 1.46 bits per heavy atom. The number of guanidine groups is 1. The third-order valence-corrected chi connectivity index (χ3v) is 4.81. The van der Waals surface area contributed by atoms with E-state index < -0.39 is 0 Å². The molecule has 1 saturated heterocycles. The lowest BCUT2D eigenvalue weighted by Crippen LogP contribution is -2.50. The minimum atomic E-state index is -0.311. The number of likely N-dealkylation sites (tertiary alicyclic amines) is 1. The van der Waals surface area contributed by atoms with Gasteiger partial charge in [-0.1, -0.05) is 22.8 Å². The predicted octanol–water partition coefficient (Wildman–Crippen LogP) is 3.12. The lowest BCUT2D eigenvalue weighted by molar-refractivity contribution is 0.192. The van der Waals surface area contributed by atoms with Crippen LogP contribution in [0.3, 0.4) is 0 Å². The first-order valence-corrected chi connectivity index (χ1v) is 9.34. The van der Waals surface area contributed by atoms with E-state index in [4.69, 9.17) is 16.1 Å². The molecule has 3 rings (SSSR count). The molecule has 0 spiro atoms. The highest BCUT2D eigenvalue weighted by molar-refractivity contribution is 14.0. The molecule has 1 aliphatic rings. The summed E-state index contributed by atoms with van der Waals surface area (Å²) >= 11 is 6.16. The molecule has 1 unspecified atom stereocenters. The molecular formula is C18H25ClFIN6O. The molecule has 2 aromatic rings. The molecule has 0 aliphatic carbocycles. The average Bonchev–Trinajstić information content (AvgIpc) is 3.06. The van der Waals surface area contributed by atoms with Crippen LogP contribution in [0.25, 0.3) is 0 Å². The molecule has 154 valence electrons. The van der Waals surface area contributed by atoms with Crippen molar-refractivity contribution in [2.75, 3.05) is 20.1 Å². The summed E-state index contributed by atoms with van der Waals surface area (Å²) in [6, 6.07) is 4.83. The van der Waals surface area contributed by atoms with Crippen LogP contribution in [0.4, 0.5) is 4.39 Å². The molecule has 28 heavy (non-hydrogen) atoms. The topological polar surface area (TPSA) is 78.6 Å². The maximum Gasteiger partial charge on any atom is 0.223 e. The molecule has 1 aromatic heterocycles. The van der Waals surface area contributed by atoms with E-state index in [1.54, 1.807) is 20.0 Å². The number of aromatic nitrogens is 2. The monoisotopic (exact) mass is 522 g/mol. The van der Waals surface area contributed by atoms with Crippen molar-refractivity contribution in [1.29, 1.82) is 0 Å². The third-order valence-electron chi connectivity index (χ3n) is 4.46. The maximum absolute atomic E-state index is 13.2. The van der Waals surface area contributed by atoms with Gasteiger partial charge < -0.3 is 15.2 Å². The van der Waals surface area contributed by atoms with Gasteiger partial charge in [0.05, 0.1) is 6.54 Å². The zero-order valence-corrected chi connectivity index (χ0v) is 19.0. The summed E-state index contributed by atoms with van der Waals surface area (Å²) in [7, 11) is 1.73. The first-order chi connectivity index (χ1) is 13.0. The van der Waals surface area contributed by atoms with Crippen molar-refractivity contribution in [2.45, 2.75) is 38.9 Å². The minimum absolute atomic E-state index is 0. The fourth-order valence-electron chi connectivity index (χ4n) is 3.17. The molecule has 0 amide bonds. The van der Waals surface area contributed by atoms with Gasteiger partial charge in [0.25, 0.3) is 0 Å². The van der Waals surface area contributed by atoms with Crippen molar-refractivity contribution in [3.63, 3.8) is 0 Å². The zero-order valence-electron chi connectivity index (χ0n) is 15.9. The quantitative estimate of drug-likeness (QED) is 0.357. The smallest absolute Gasteiger partial charge is 0.223 e. The standard InChI is InChI=1S/C18H24ClFN6O.HI/c1-12-23-17(25-27-12)9-22-18(21-2)24-15-4-3-7-26(11-15)10-13-5-6-14(20)8-16(13)19;/h5-6,8,15H,3-4,7,9-11H2,1-2H3,(H2,21,22,24);1H. The van der Waals surface area contributed by atoms with E-state index in [2.05, 4.69) is 30.7 Å². The van der Waals surface area contributed by atoms with Crippen molar-refractivity contribution in [3.05, 3.63) is 46.3 Å². The number of rotatable bonds is 5. The summed E-state index contributed by atoms with van der Waals surface area (Å²) < 4.78 is 18.2. The summed E-state index contributed by atoms with van der Waals surface area (Å²) in [5, 5.41) is 11.0. The molecule has 1 aliphatic heterocycles. The Balaban J connectivity index is 0.00000280. The van der Waals surface area contributed by atoms with Gasteiger partial charge in [0.15, 0.2) is 11.8 Å². The Kier molecular flexibility index (Phi) is 8.90. The van der Waals surface area contributed by atoms with Crippen molar-refractivity contribution in [2.24, 2.45) is 4.99 Å². The molecule has 2 heterocycles. The SMILES string of the molecule is CN=C(NCc1noc(C)n1)NC1CCCN(Cc2ccc(F)cc2Cl)C1.I. The van der Waals surface area contributed by atoms with Gasteiger partial charge in [0.2, 0.25) is 5.89 Å². The molecule has 0 saturated carbocycles. The van der Waals surface area contributed by atoms with E-state index in [1.165, 1.54) is 12.1 Å². The Morgan fingerprint density at radius 2 is 2.29 bits per heavy atom. The van der Waals surface area contributed by atoms with Crippen LogP contribution >= 0.6 is 35.6 Å². The van der Waals surface area contributed by atoms with Crippen LogP contribution in [-0.4, -0.2) is 47.2 Å². The van der Waals surface area contributed by atoms with Crippen LogP contribution in [0.5, 0.6) is 0 Å². The fourth-order valence-corrected chi connectivity index (χ4v) is 3.40. The zero-order chi connectivity index (χ0) is 19.2. The molecule has 0 bridgehead atoms. The molecule has 10 heteroatoms. The van der Waals surface area contributed by atoms with Gasteiger partial charge in [-0.2, -0.15) is 4.98 Å². The Hall–Kier alpha value is -1.46. The predicted molar refractivity (Wildman–Crippen MR) is 117 cm³/mol. The lowest BCUT2D eigenvalue weighted by Gasteiger charge is -2.34. The van der Waals surface area contributed by atoms with Gasteiger partial charge in [0.1, 0.15) is 5.82 Å². The first kappa shape index (κ1) is 22.8. The highest BCUT2D eigenvalue weighted by Gasteiger charge is 2.21. The Bertz CT molecular complexity index is 802. The number of halogens is 3.